The van der Waals surface area contributed by atoms with Gasteiger partial charge in [0.15, 0.2) is 0 Å². The van der Waals surface area contributed by atoms with Gasteiger partial charge in [-0.15, -0.1) is 0 Å². The maximum atomic E-state index is 12.4. The largest absolute Gasteiger partial charge is 0.381 e. The molecule has 22 heavy (non-hydrogen) atoms. The van der Waals surface area contributed by atoms with E-state index >= 15 is 0 Å². The molecular formula is C18H34N2O2. The molecule has 0 aromatic carbocycles. The minimum atomic E-state index is -0.367. The van der Waals surface area contributed by atoms with Crippen molar-refractivity contribution in [3.8, 4) is 0 Å². The Kier molecular flexibility index (Phi) is 6.27. The number of carbonyl (C=O) groups is 1. The van der Waals surface area contributed by atoms with E-state index in [0.717, 1.165) is 44.8 Å². The smallest absolute Gasteiger partial charge is 0.237 e. The molecule has 1 unspecified atom stereocenters. The van der Waals surface area contributed by atoms with Gasteiger partial charge in [0.1, 0.15) is 0 Å². The molecule has 1 amide bonds. The quantitative estimate of drug-likeness (QED) is 0.820. The van der Waals surface area contributed by atoms with Gasteiger partial charge in [-0.05, 0) is 55.8 Å². The molecule has 1 aliphatic heterocycles. The first kappa shape index (κ1) is 17.7. The van der Waals surface area contributed by atoms with Gasteiger partial charge >= 0.3 is 0 Å². The van der Waals surface area contributed by atoms with Crippen molar-refractivity contribution >= 4 is 5.91 Å². The van der Waals surface area contributed by atoms with E-state index in [0.29, 0.717) is 11.5 Å². The van der Waals surface area contributed by atoms with Crippen LogP contribution in [0.1, 0.15) is 65.7 Å². The molecular weight excluding hydrogens is 276 g/mol. The van der Waals surface area contributed by atoms with Crippen LogP contribution in [0, 0.1) is 17.3 Å². The number of nitrogens with one attached hydrogen (secondary N) is 1. The third-order valence-corrected chi connectivity index (χ3v) is 6.17. The monoisotopic (exact) mass is 310 g/mol. The van der Waals surface area contributed by atoms with E-state index < -0.39 is 0 Å². The van der Waals surface area contributed by atoms with Crippen molar-refractivity contribution in [2.75, 3.05) is 13.2 Å². The predicted molar refractivity (Wildman–Crippen MR) is 89.5 cm³/mol. The fourth-order valence-electron chi connectivity index (χ4n) is 3.89. The first-order valence-electron chi connectivity index (χ1n) is 9.07. The van der Waals surface area contributed by atoms with Crippen LogP contribution in [0.4, 0.5) is 0 Å². The van der Waals surface area contributed by atoms with Crippen LogP contribution in [0.3, 0.4) is 0 Å². The Bertz CT molecular complexity index is 356. The zero-order chi connectivity index (χ0) is 16.2. The number of rotatable bonds is 5. The molecule has 2 fully saturated rings. The van der Waals surface area contributed by atoms with Crippen molar-refractivity contribution in [1.29, 1.82) is 0 Å². The second kappa shape index (κ2) is 7.78. The summed E-state index contributed by atoms with van der Waals surface area (Å²) in [5.41, 5.74) is 6.58. The molecule has 2 aliphatic rings. The molecule has 0 bridgehead atoms. The highest BCUT2D eigenvalue weighted by Crippen LogP contribution is 2.40. The summed E-state index contributed by atoms with van der Waals surface area (Å²) in [5.74, 6) is 1.11. The molecule has 1 saturated carbocycles. The fourth-order valence-corrected chi connectivity index (χ4v) is 3.89. The first-order chi connectivity index (χ1) is 10.4. The molecule has 128 valence electrons. The van der Waals surface area contributed by atoms with Crippen LogP contribution < -0.4 is 11.1 Å². The van der Waals surface area contributed by atoms with E-state index in [1.54, 1.807) is 0 Å². The number of hydrogen-bond acceptors (Lipinski definition) is 3. The summed E-state index contributed by atoms with van der Waals surface area (Å²) in [6, 6.07) is -0.0454. The Hall–Kier alpha value is -0.610. The van der Waals surface area contributed by atoms with Crippen molar-refractivity contribution in [2.24, 2.45) is 23.0 Å². The summed E-state index contributed by atoms with van der Waals surface area (Å²) in [5, 5.41) is 3.20. The van der Waals surface area contributed by atoms with Crippen molar-refractivity contribution in [1.82, 2.24) is 5.32 Å². The van der Waals surface area contributed by atoms with Crippen molar-refractivity contribution in [3.63, 3.8) is 0 Å². The Morgan fingerprint density at radius 2 is 1.77 bits per heavy atom. The zero-order valence-corrected chi connectivity index (χ0v) is 14.6. The Morgan fingerprint density at radius 1 is 1.18 bits per heavy atom. The number of ether oxygens (including phenoxy) is 1. The third-order valence-electron chi connectivity index (χ3n) is 6.17. The fraction of sp³-hybridized carbons (Fsp3) is 0.944. The first-order valence-corrected chi connectivity index (χ1v) is 9.07. The lowest BCUT2D eigenvalue weighted by atomic mass is 9.69. The number of hydrogen-bond donors (Lipinski definition) is 2. The van der Waals surface area contributed by atoms with E-state index in [1.165, 1.54) is 19.3 Å². The van der Waals surface area contributed by atoms with Crippen LogP contribution in [0.25, 0.3) is 0 Å². The minimum Gasteiger partial charge on any atom is -0.381 e. The summed E-state index contributed by atoms with van der Waals surface area (Å²) in [6.45, 7) is 8.50. The molecule has 4 heteroatoms. The lowest BCUT2D eigenvalue weighted by molar-refractivity contribution is -0.125. The van der Waals surface area contributed by atoms with Gasteiger partial charge in [0.25, 0.3) is 0 Å². The van der Waals surface area contributed by atoms with E-state index in [2.05, 4.69) is 26.1 Å². The zero-order valence-electron chi connectivity index (χ0n) is 14.6. The van der Waals surface area contributed by atoms with Crippen LogP contribution in [-0.2, 0) is 9.53 Å². The highest BCUT2D eigenvalue weighted by atomic mass is 16.5. The topological polar surface area (TPSA) is 64.4 Å². The standard InChI is InChI=1S/C18H34N2O2/c1-4-18(2,3)14-5-7-15(8-6-14)20-17(21)16(19)13-9-11-22-12-10-13/h13-16H,4-12,19H2,1-3H3,(H,20,21). The van der Waals surface area contributed by atoms with Crippen molar-refractivity contribution in [2.45, 2.75) is 77.8 Å². The molecule has 0 aromatic heterocycles. The molecule has 0 spiro atoms. The highest BCUT2D eigenvalue weighted by Gasteiger charge is 2.33. The molecule has 1 saturated heterocycles. The number of amides is 1. The van der Waals surface area contributed by atoms with Gasteiger partial charge in [0.05, 0.1) is 6.04 Å². The maximum Gasteiger partial charge on any atom is 0.237 e. The second-order valence-electron chi connectivity index (χ2n) is 7.87. The number of carbonyl (C=O) groups excluding carboxylic acids is 1. The van der Waals surface area contributed by atoms with Crippen LogP contribution >= 0.6 is 0 Å². The van der Waals surface area contributed by atoms with E-state index in [4.69, 9.17) is 10.5 Å². The highest BCUT2D eigenvalue weighted by molar-refractivity contribution is 5.82. The van der Waals surface area contributed by atoms with Crippen molar-refractivity contribution in [3.05, 3.63) is 0 Å². The minimum absolute atomic E-state index is 0.0464. The van der Waals surface area contributed by atoms with E-state index in [1.807, 2.05) is 0 Å². The normalized spacial score (nSPS) is 29.1. The van der Waals surface area contributed by atoms with Crippen molar-refractivity contribution < 1.29 is 9.53 Å². The molecule has 1 aliphatic carbocycles. The predicted octanol–water partition coefficient (Wildman–Crippen LogP) is 2.85. The maximum absolute atomic E-state index is 12.4. The van der Waals surface area contributed by atoms with Gasteiger partial charge in [-0.25, -0.2) is 0 Å². The lowest BCUT2D eigenvalue weighted by Crippen LogP contribution is -2.51. The van der Waals surface area contributed by atoms with Gasteiger partial charge in [-0.1, -0.05) is 27.2 Å². The summed E-state index contributed by atoms with van der Waals surface area (Å²) < 4.78 is 5.35. The molecule has 0 aromatic rings. The second-order valence-corrected chi connectivity index (χ2v) is 7.87. The van der Waals surface area contributed by atoms with Gasteiger partial charge in [0.2, 0.25) is 5.91 Å². The van der Waals surface area contributed by atoms with Gasteiger partial charge in [0, 0.05) is 19.3 Å². The number of nitrogens with two attached hydrogens (primary N) is 1. The van der Waals surface area contributed by atoms with Gasteiger partial charge in [-0.2, -0.15) is 0 Å². The Morgan fingerprint density at radius 3 is 2.32 bits per heavy atom. The summed E-state index contributed by atoms with van der Waals surface area (Å²) in [4.78, 5) is 12.4. The van der Waals surface area contributed by atoms with Crippen LogP contribution in [0.2, 0.25) is 0 Å². The lowest BCUT2D eigenvalue weighted by Gasteiger charge is -2.39. The summed E-state index contributed by atoms with van der Waals surface area (Å²) in [7, 11) is 0. The average molecular weight is 310 g/mol. The molecule has 1 heterocycles. The van der Waals surface area contributed by atoms with Crippen LogP contribution in [0.15, 0.2) is 0 Å². The Balaban J connectivity index is 1.76. The molecule has 0 radical (unpaired) electrons. The van der Waals surface area contributed by atoms with E-state index in [-0.39, 0.29) is 17.9 Å². The van der Waals surface area contributed by atoms with E-state index in [9.17, 15) is 4.79 Å². The molecule has 3 N–H and O–H groups in total. The molecule has 4 nitrogen and oxygen atoms in total. The third kappa shape index (κ3) is 4.45. The van der Waals surface area contributed by atoms with Gasteiger partial charge in [-0.3, -0.25) is 4.79 Å². The Labute approximate surface area is 135 Å². The summed E-state index contributed by atoms with van der Waals surface area (Å²) in [6.07, 6.45) is 7.68. The average Bonchev–Trinajstić information content (AvgIpc) is 2.55. The summed E-state index contributed by atoms with van der Waals surface area (Å²) >= 11 is 0. The van der Waals surface area contributed by atoms with Crippen LogP contribution in [0.5, 0.6) is 0 Å². The van der Waals surface area contributed by atoms with Crippen LogP contribution in [-0.4, -0.2) is 31.2 Å². The SMILES string of the molecule is CCC(C)(C)C1CCC(NC(=O)C(N)C2CCOCC2)CC1. The molecule has 2 rings (SSSR count). The van der Waals surface area contributed by atoms with Gasteiger partial charge < -0.3 is 15.8 Å². The molecule has 1 atom stereocenters.